The second-order valence-corrected chi connectivity index (χ2v) is 5.54. The van der Waals surface area contributed by atoms with Gasteiger partial charge in [-0.25, -0.2) is 0 Å². The number of benzene rings is 1. The Labute approximate surface area is 115 Å². The van der Waals surface area contributed by atoms with Gasteiger partial charge >= 0.3 is 0 Å². The summed E-state index contributed by atoms with van der Waals surface area (Å²) < 4.78 is 2.09. The molecule has 2 aromatic rings. The predicted molar refractivity (Wildman–Crippen MR) is 79.1 cm³/mol. The van der Waals surface area contributed by atoms with E-state index in [-0.39, 0.29) is 0 Å². The minimum atomic E-state index is 0.887. The highest BCUT2D eigenvalue weighted by Crippen LogP contribution is 2.33. The van der Waals surface area contributed by atoms with Crippen LogP contribution in [0.15, 0.2) is 24.3 Å². The van der Waals surface area contributed by atoms with Gasteiger partial charge < -0.3 is 5.32 Å². The van der Waals surface area contributed by atoms with E-state index in [1.54, 1.807) is 0 Å². The lowest BCUT2D eigenvalue weighted by atomic mass is 10.2. The maximum absolute atomic E-state index is 4.71. The molecule has 1 N–H and O–H groups in total. The fourth-order valence-corrected chi connectivity index (χ4v) is 2.70. The molecular weight excluding hydrogens is 234 g/mol. The molecule has 102 valence electrons. The first-order valence-electron chi connectivity index (χ1n) is 7.53. The lowest BCUT2D eigenvalue weighted by Crippen LogP contribution is -2.15. The third-order valence-corrected chi connectivity index (χ3v) is 3.99. The van der Waals surface area contributed by atoms with Crippen LogP contribution in [-0.4, -0.2) is 16.3 Å². The zero-order valence-electron chi connectivity index (χ0n) is 11.7. The van der Waals surface area contributed by atoms with Crippen molar-refractivity contribution in [3.05, 3.63) is 30.0 Å². The molecule has 3 nitrogen and oxygen atoms in total. The van der Waals surface area contributed by atoms with E-state index in [4.69, 9.17) is 5.10 Å². The molecule has 3 rings (SSSR count). The van der Waals surface area contributed by atoms with Crippen molar-refractivity contribution in [1.29, 1.82) is 0 Å². The highest BCUT2D eigenvalue weighted by atomic mass is 15.3. The molecule has 1 heterocycles. The Morgan fingerprint density at radius 1 is 1.32 bits per heavy atom. The molecule has 0 saturated heterocycles. The first kappa shape index (κ1) is 12.7. The summed E-state index contributed by atoms with van der Waals surface area (Å²) in [5, 5.41) is 9.54. The van der Waals surface area contributed by atoms with Crippen LogP contribution in [-0.2, 0) is 13.1 Å². The van der Waals surface area contributed by atoms with Crippen LogP contribution in [0, 0.1) is 5.92 Å². The fourth-order valence-electron chi connectivity index (χ4n) is 2.70. The SMILES string of the molecule is CCn1nc(CNCCCC2CC2)c2ccccc21. The van der Waals surface area contributed by atoms with Crippen molar-refractivity contribution in [2.24, 2.45) is 5.92 Å². The van der Waals surface area contributed by atoms with Crippen LogP contribution in [0.2, 0.25) is 0 Å². The number of para-hydroxylation sites is 1. The van der Waals surface area contributed by atoms with Gasteiger partial charge in [-0.3, -0.25) is 4.68 Å². The molecule has 0 aliphatic heterocycles. The number of rotatable bonds is 7. The summed E-state index contributed by atoms with van der Waals surface area (Å²) in [7, 11) is 0. The number of aryl methyl sites for hydroxylation is 1. The molecule has 0 amide bonds. The van der Waals surface area contributed by atoms with Crippen molar-refractivity contribution in [3.63, 3.8) is 0 Å². The van der Waals surface area contributed by atoms with E-state index in [1.807, 2.05) is 0 Å². The van der Waals surface area contributed by atoms with E-state index in [0.29, 0.717) is 0 Å². The van der Waals surface area contributed by atoms with Gasteiger partial charge in [0.1, 0.15) is 0 Å². The second kappa shape index (κ2) is 5.74. The first-order chi connectivity index (χ1) is 9.38. The number of aromatic nitrogens is 2. The van der Waals surface area contributed by atoms with Crippen LogP contribution in [0.1, 0.15) is 38.3 Å². The minimum absolute atomic E-state index is 0.887. The Morgan fingerprint density at radius 3 is 2.95 bits per heavy atom. The molecular formula is C16H23N3. The van der Waals surface area contributed by atoms with Gasteiger partial charge in [0.2, 0.25) is 0 Å². The van der Waals surface area contributed by atoms with Gasteiger partial charge in [0.15, 0.2) is 0 Å². The van der Waals surface area contributed by atoms with Crippen LogP contribution >= 0.6 is 0 Å². The zero-order valence-corrected chi connectivity index (χ0v) is 11.7. The van der Waals surface area contributed by atoms with E-state index < -0.39 is 0 Å². The number of hydrogen-bond donors (Lipinski definition) is 1. The lowest BCUT2D eigenvalue weighted by Gasteiger charge is -2.02. The molecule has 0 radical (unpaired) electrons. The molecule has 0 unspecified atom stereocenters. The third-order valence-electron chi connectivity index (χ3n) is 3.99. The Bertz CT molecular complexity index is 540. The Hall–Kier alpha value is -1.35. The second-order valence-electron chi connectivity index (χ2n) is 5.54. The highest BCUT2D eigenvalue weighted by molar-refractivity contribution is 5.81. The van der Waals surface area contributed by atoms with Gasteiger partial charge in [-0.15, -0.1) is 0 Å². The van der Waals surface area contributed by atoms with E-state index >= 15 is 0 Å². The van der Waals surface area contributed by atoms with E-state index in [2.05, 4.69) is 41.2 Å². The summed E-state index contributed by atoms with van der Waals surface area (Å²) >= 11 is 0. The largest absolute Gasteiger partial charge is 0.311 e. The molecule has 1 saturated carbocycles. The molecule has 0 atom stereocenters. The van der Waals surface area contributed by atoms with Crippen LogP contribution < -0.4 is 5.32 Å². The van der Waals surface area contributed by atoms with Gasteiger partial charge in [0, 0.05) is 18.5 Å². The average molecular weight is 257 g/mol. The summed E-state index contributed by atoms with van der Waals surface area (Å²) in [6.07, 6.45) is 5.63. The molecule has 1 fully saturated rings. The molecule has 3 heteroatoms. The quantitative estimate of drug-likeness (QED) is 0.771. The highest BCUT2D eigenvalue weighted by Gasteiger charge is 2.19. The third kappa shape index (κ3) is 2.98. The molecule has 0 spiro atoms. The molecule has 1 aliphatic rings. The molecule has 19 heavy (non-hydrogen) atoms. The van der Waals surface area contributed by atoms with Crippen molar-refractivity contribution < 1.29 is 0 Å². The zero-order chi connectivity index (χ0) is 13.1. The van der Waals surface area contributed by atoms with Crippen molar-refractivity contribution in [2.75, 3.05) is 6.54 Å². The number of nitrogens with one attached hydrogen (secondary N) is 1. The van der Waals surface area contributed by atoms with E-state index in [1.165, 1.54) is 42.3 Å². The average Bonchev–Trinajstić information content (AvgIpc) is 3.20. The molecule has 1 aromatic carbocycles. The lowest BCUT2D eigenvalue weighted by molar-refractivity contribution is 0.581. The fraction of sp³-hybridized carbons (Fsp3) is 0.562. The van der Waals surface area contributed by atoms with Gasteiger partial charge in [-0.2, -0.15) is 5.10 Å². The summed E-state index contributed by atoms with van der Waals surface area (Å²) in [6, 6.07) is 8.52. The number of hydrogen-bond acceptors (Lipinski definition) is 2. The van der Waals surface area contributed by atoms with Crippen LogP contribution in [0.25, 0.3) is 10.9 Å². The van der Waals surface area contributed by atoms with Gasteiger partial charge in [0.25, 0.3) is 0 Å². The van der Waals surface area contributed by atoms with Crippen molar-refractivity contribution >= 4 is 10.9 Å². The van der Waals surface area contributed by atoms with Gasteiger partial charge in [0.05, 0.1) is 11.2 Å². The van der Waals surface area contributed by atoms with E-state index in [9.17, 15) is 0 Å². The Kier molecular flexibility index (Phi) is 3.83. The summed E-state index contributed by atoms with van der Waals surface area (Å²) in [5.41, 5.74) is 2.43. The first-order valence-corrected chi connectivity index (χ1v) is 7.53. The smallest absolute Gasteiger partial charge is 0.0841 e. The van der Waals surface area contributed by atoms with Crippen LogP contribution in [0.4, 0.5) is 0 Å². The van der Waals surface area contributed by atoms with Crippen molar-refractivity contribution in [1.82, 2.24) is 15.1 Å². The summed E-state index contributed by atoms with van der Waals surface area (Å²) in [6.45, 7) is 5.08. The number of nitrogens with zero attached hydrogens (tertiary/aromatic N) is 2. The Morgan fingerprint density at radius 2 is 2.16 bits per heavy atom. The monoisotopic (exact) mass is 257 g/mol. The maximum atomic E-state index is 4.71. The van der Waals surface area contributed by atoms with E-state index in [0.717, 1.165) is 25.6 Å². The normalized spacial score (nSPS) is 15.2. The Balaban J connectivity index is 1.59. The number of fused-ring (bicyclic) bond motifs is 1. The standard InChI is InChI=1S/C16H23N3/c1-2-19-16-8-4-3-7-14(16)15(18-19)12-17-11-5-6-13-9-10-13/h3-4,7-8,13,17H,2,5-6,9-12H2,1H3. The van der Waals surface area contributed by atoms with Crippen LogP contribution in [0.5, 0.6) is 0 Å². The topological polar surface area (TPSA) is 29.9 Å². The van der Waals surface area contributed by atoms with Gasteiger partial charge in [-0.05, 0) is 38.3 Å². The summed E-state index contributed by atoms with van der Waals surface area (Å²) in [5.74, 6) is 1.04. The molecule has 1 aromatic heterocycles. The maximum Gasteiger partial charge on any atom is 0.0841 e. The van der Waals surface area contributed by atoms with Crippen molar-refractivity contribution in [2.45, 2.75) is 45.7 Å². The molecule has 0 bridgehead atoms. The van der Waals surface area contributed by atoms with Crippen molar-refractivity contribution in [3.8, 4) is 0 Å². The van der Waals surface area contributed by atoms with Gasteiger partial charge in [-0.1, -0.05) is 31.0 Å². The summed E-state index contributed by atoms with van der Waals surface area (Å²) in [4.78, 5) is 0. The van der Waals surface area contributed by atoms with Crippen LogP contribution in [0.3, 0.4) is 0 Å². The predicted octanol–water partition coefficient (Wildman–Crippen LogP) is 3.34. The molecule has 1 aliphatic carbocycles. The minimum Gasteiger partial charge on any atom is -0.311 e.